The summed E-state index contributed by atoms with van der Waals surface area (Å²) < 4.78 is 9.83. The van der Waals surface area contributed by atoms with Gasteiger partial charge in [-0.05, 0) is 39.5 Å². The van der Waals surface area contributed by atoms with Crippen LogP contribution in [-0.2, 0) is 38.2 Å². The van der Waals surface area contributed by atoms with Crippen LogP contribution in [0.15, 0.2) is 0 Å². The van der Waals surface area contributed by atoms with Crippen molar-refractivity contribution in [1.82, 2.24) is 10.6 Å². The van der Waals surface area contributed by atoms with Crippen LogP contribution in [0.25, 0.3) is 0 Å². The van der Waals surface area contributed by atoms with Crippen molar-refractivity contribution in [3.05, 3.63) is 0 Å². The van der Waals surface area contributed by atoms with Gasteiger partial charge in [-0.25, -0.2) is 14.4 Å². The summed E-state index contributed by atoms with van der Waals surface area (Å²) in [6.07, 6.45) is 11.3. The molecule has 1 aliphatic rings. The molecule has 12 N–H and O–H groups in total. The number of rotatable bonds is 34. The number of amides is 5. The van der Waals surface area contributed by atoms with E-state index < -0.39 is 109 Å². The van der Waals surface area contributed by atoms with Crippen molar-refractivity contribution >= 4 is 35.5 Å². The average Bonchev–Trinajstić information content (AvgIpc) is 3.20. The Morgan fingerprint density at radius 1 is 0.803 bits per heavy atom. The van der Waals surface area contributed by atoms with Crippen LogP contribution in [0, 0.1) is 0 Å². The van der Waals surface area contributed by atoms with Crippen molar-refractivity contribution in [2.24, 2.45) is 17.2 Å². The third-order valence-electron chi connectivity index (χ3n) is 11.6. The Bertz CT molecular complexity index is 1320. The van der Waals surface area contributed by atoms with Crippen LogP contribution in [-0.4, -0.2) is 135 Å². The first-order chi connectivity index (χ1) is 28.9. The predicted octanol–water partition coefficient (Wildman–Crippen LogP) is 2.15. The maximum absolute atomic E-state index is 14.3. The molecule has 10 atom stereocenters. The summed E-state index contributed by atoms with van der Waals surface area (Å²) in [5, 5.41) is 46.5. The molecule has 0 saturated carbocycles. The van der Waals surface area contributed by atoms with Gasteiger partial charge in [0, 0.05) is 19.4 Å². The second kappa shape index (κ2) is 30.9. The minimum Gasteiger partial charge on any atom is -0.477 e. The number of carbonyl (C=O) groups is 6. The van der Waals surface area contributed by atoms with Crippen LogP contribution in [0.3, 0.4) is 0 Å². The molecule has 18 heteroatoms. The molecule has 2 unspecified atom stereocenters. The maximum atomic E-state index is 14.3. The van der Waals surface area contributed by atoms with E-state index in [9.17, 15) is 49.2 Å². The number of primary amides is 1. The normalized spacial score (nSPS) is 22.0. The molecule has 1 fully saturated rings. The zero-order valence-corrected chi connectivity index (χ0v) is 37.4. The molecule has 5 amide bonds. The molecular weight excluding hydrogens is 793 g/mol. The summed E-state index contributed by atoms with van der Waals surface area (Å²) in [6, 6.07) is -5.33. The Morgan fingerprint density at radius 3 is 1.82 bits per heavy atom. The van der Waals surface area contributed by atoms with E-state index in [0.717, 1.165) is 32.6 Å². The van der Waals surface area contributed by atoms with E-state index in [-0.39, 0.29) is 31.7 Å². The Kier molecular flexibility index (Phi) is 28.3. The van der Waals surface area contributed by atoms with Gasteiger partial charge in [0.2, 0.25) is 23.8 Å². The smallest absolute Gasteiger partial charge is 0.363 e. The highest BCUT2D eigenvalue weighted by Gasteiger charge is 2.54. The summed E-state index contributed by atoms with van der Waals surface area (Å²) in [5.74, 6) is -5.03. The molecule has 0 spiro atoms. The SMILES string of the molecule is CCCCCCCCCCCCCCCCCC(=O)NCCCC[C@@H](C(=O)O)[N+](CC(C)O[C@@H]1[C@@H](N)[C@@H](O)O[C@H](CO)[C@H]1O)(C(C)=O)C(=O)CC[C@@H](NC(=O)[C@H](C)N)C(N)=O. The second-order valence-corrected chi connectivity index (χ2v) is 16.9. The number of carboxylic acids is 1. The highest BCUT2D eigenvalue weighted by Crippen LogP contribution is 2.28. The fraction of sp³-hybridized carbons (Fsp3) is 0.860. The number of aliphatic hydroxyl groups excluding tert-OH is 3. The zero-order valence-electron chi connectivity index (χ0n) is 37.4. The van der Waals surface area contributed by atoms with Crippen LogP contribution in [0.1, 0.15) is 163 Å². The Labute approximate surface area is 363 Å². The largest absolute Gasteiger partial charge is 0.477 e. The summed E-state index contributed by atoms with van der Waals surface area (Å²) in [6.45, 7) is 5.11. The van der Waals surface area contributed by atoms with E-state index >= 15 is 0 Å². The number of hydrogen-bond acceptors (Lipinski definition) is 13. The highest BCUT2D eigenvalue weighted by atomic mass is 16.6. The maximum Gasteiger partial charge on any atom is 0.363 e. The predicted molar refractivity (Wildman–Crippen MR) is 229 cm³/mol. The van der Waals surface area contributed by atoms with Gasteiger partial charge in [-0.15, -0.1) is 0 Å². The third kappa shape index (κ3) is 20.3. The molecule has 1 heterocycles. The molecule has 0 aromatic heterocycles. The Hall–Kier alpha value is -3.10. The number of imide groups is 1. The van der Waals surface area contributed by atoms with Crippen LogP contribution in [0.2, 0.25) is 0 Å². The molecule has 354 valence electrons. The minimum absolute atomic E-state index is 0.110. The quantitative estimate of drug-likeness (QED) is 0.0331. The van der Waals surface area contributed by atoms with Crippen molar-refractivity contribution in [1.29, 1.82) is 0 Å². The first-order valence-electron chi connectivity index (χ1n) is 22.7. The number of carboxylic acid groups (broad SMARTS) is 1. The van der Waals surface area contributed by atoms with Gasteiger partial charge in [0.25, 0.3) is 0 Å². The number of aliphatic carboxylic acids is 1. The van der Waals surface area contributed by atoms with Crippen LogP contribution in [0.5, 0.6) is 0 Å². The van der Waals surface area contributed by atoms with Crippen molar-refractivity contribution in [3.8, 4) is 0 Å². The molecule has 1 rings (SSSR count). The van der Waals surface area contributed by atoms with Crippen molar-refractivity contribution < 1.29 is 63.2 Å². The fourth-order valence-electron chi connectivity index (χ4n) is 7.94. The number of ether oxygens (including phenoxy) is 2. The number of aliphatic hydroxyl groups is 3. The lowest BCUT2D eigenvalue weighted by atomic mass is 9.97. The average molecular weight is 874 g/mol. The van der Waals surface area contributed by atoms with Gasteiger partial charge in [-0.1, -0.05) is 96.8 Å². The minimum atomic E-state index is -1.65. The van der Waals surface area contributed by atoms with E-state index in [1.807, 2.05) is 0 Å². The van der Waals surface area contributed by atoms with Gasteiger partial charge in [0.15, 0.2) is 6.29 Å². The van der Waals surface area contributed by atoms with Crippen molar-refractivity contribution in [2.45, 2.75) is 217 Å². The lowest BCUT2D eigenvalue weighted by Gasteiger charge is -2.43. The Balaban J connectivity index is 2.88. The van der Waals surface area contributed by atoms with E-state index in [4.69, 9.17) is 26.7 Å². The van der Waals surface area contributed by atoms with Gasteiger partial charge >= 0.3 is 17.8 Å². The van der Waals surface area contributed by atoms with E-state index in [0.29, 0.717) is 12.8 Å². The van der Waals surface area contributed by atoms with Gasteiger partial charge in [0.05, 0.1) is 32.0 Å². The first kappa shape index (κ1) is 55.9. The summed E-state index contributed by atoms with van der Waals surface area (Å²) in [5.41, 5.74) is 17.1. The fourth-order valence-corrected chi connectivity index (χ4v) is 7.94. The number of nitrogens with zero attached hydrogens (tertiary/aromatic N) is 1. The van der Waals surface area contributed by atoms with E-state index in [2.05, 4.69) is 17.6 Å². The lowest BCUT2D eigenvalue weighted by molar-refractivity contribution is -0.801. The molecule has 61 heavy (non-hydrogen) atoms. The van der Waals surface area contributed by atoms with E-state index in [1.165, 1.54) is 84.5 Å². The molecule has 0 bridgehead atoms. The number of hydrogen-bond donors (Lipinski definition) is 9. The topological polar surface area (TPSA) is 304 Å². The van der Waals surface area contributed by atoms with Crippen molar-refractivity contribution in [2.75, 3.05) is 19.7 Å². The lowest BCUT2D eigenvalue weighted by Crippen LogP contribution is -2.68. The molecule has 0 radical (unpaired) electrons. The molecule has 0 aromatic carbocycles. The summed E-state index contributed by atoms with van der Waals surface area (Å²) in [7, 11) is 0. The standard InChI is InChI=1S/C43H80N6O12/c1-5-6-7-8-9-10-11-12-13-14-15-16-17-18-19-23-35(52)47-26-21-20-22-33(42(57)58)49(31(4)51,36(53)25-24-32(40(46)55)48-41(56)30(3)44)27-29(2)60-39-37(45)43(59)61-34(28-50)38(39)54/h29-30,32-34,37-39,43,50,54,59H,5-28,44-45H2,1-4H3,(H4-,46,47,48,52,55,56,57,58)/p+1/t29?,30-,32+,33-,34+,37+,38+,39+,43-,49?/m0/s1. The number of nitrogens with two attached hydrogens (primary N) is 3. The number of nitrogens with one attached hydrogen (secondary N) is 2. The number of quaternary nitrogens is 1. The monoisotopic (exact) mass is 874 g/mol. The van der Waals surface area contributed by atoms with Gasteiger partial charge in [0.1, 0.15) is 37.0 Å². The molecule has 0 aromatic rings. The van der Waals surface area contributed by atoms with E-state index in [1.54, 1.807) is 0 Å². The number of carbonyl (C=O) groups excluding carboxylic acids is 5. The molecule has 1 saturated heterocycles. The van der Waals surface area contributed by atoms with Crippen LogP contribution >= 0.6 is 0 Å². The van der Waals surface area contributed by atoms with Gasteiger partial charge < -0.3 is 57.7 Å². The van der Waals surface area contributed by atoms with Crippen LogP contribution < -0.4 is 27.8 Å². The molecule has 1 aliphatic heterocycles. The second-order valence-electron chi connectivity index (χ2n) is 16.9. The molecule has 0 aliphatic carbocycles. The Morgan fingerprint density at radius 2 is 1.34 bits per heavy atom. The zero-order chi connectivity index (χ0) is 46.0. The van der Waals surface area contributed by atoms with Gasteiger partial charge in [-0.2, -0.15) is 4.48 Å². The van der Waals surface area contributed by atoms with Crippen molar-refractivity contribution in [3.63, 3.8) is 0 Å². The van der Waals surface area contributed by atoms with Crippen LogP contribution in [0.4, 0.5) is 0 Å². The summed E-state index contributed by atoms with van der Waals surface area (Å²) in [4.78, 5) is 78.0. The third-order valence-corrected chi connectivity index (χ3v) is 11.6. The van der Waals surface area contributed by atoms with Gasteiger partial charge in [-0.3, -0.25) is 14.4 Å². The molecule has 18 nitrogen and oxygen atoms in total. The molecular formula is C43H81N6O12+. The summed E-state index contributed by atoms with van der Waals surface area (Å²) >= 11 is 0. The highest BCUT2D eigenvalue weighted by molar-refractivity contribution is 5.90. The first-order valence-corrected chi connectivity index (χ1v) is 22.7. The number of unbranched alkanes of at least 4 members (excludes halogenated alkanes) is 15.